The SMILES string of the molecule is O=C(O)C1CCN(Cc2cncc(F)c2)CC1C(=O)O. The first-order valence-corrected chi connectivity index (χ1v) is 6.24. The molecule has 2 atom stereocenters. The summed E-state index contributed by atoms with van der Waals surface area (Å²) in [5.74, 6) is -4.45. The predicted octanol–water partition coefficient (Wildman–Crippen LogP) is 0.828. The quantitative estimate of drug-likeness (QED) is 0.850. The number of aliphatic carboxylic acids is 2. The lowest BCUT2D eigenvalue weighted by atomic mass is 9.85. The van der Waals surface area contributed by atoms with Gasteiger partial charge in [0.1, 0.15) is 5.82 Å². The van der Waals surface area contributed by atoms with Gasteiger partial charge in [0.15, 0.2) is 0 Å². The van der Waals surface area contributed by atoms with Gasteiger partial charge in [-0.3, -0.25) is 19.5 Å². The van der Waals surface area contributed by atoms with Gasteiger partial charge >= 0.3 is 11.9 Å². The summed E-state index contributed by atoms with van der Waals surface area (Å²) in [7, 11) is 0. The highest BCUT2D eigenvalue weighted by molar-refractivity contribution is 5.80. The van der Waals surface area contributed by atoms with E-state index in [0.717, 1.165) is 6.20 Å². The van der Waals surface area contributed by atoms with Crippen LogP contribution in [0.25, 0.3) is 0 Å². The first-order chi connectivity index (χ1) is 9.47. The van der Waals surface area contributed by atoms with Gasteiger partial charge in [-0.2, -0.15) is 0 Å². The van der Waals surface area contributed by atoms with Gasteiger partial charge in [-0.15, -0.1) is 0 Å². The highest BCUT2D eigenvalue weighted by atomic mass is 19.1. The number of hydrogen-bond donors (Lipinski definition) is 2. The lowest BCUT2D eigenvalue weighted by Gasteiger charge is -2.34. The molecule has 1 aliphatic heterocycles. The van der Waals surface area contributed by atoms with Crippen molar-refractivity contribution in [3.8, 4) is 0 Å². The van der Waals surface area contributed by atoms with Crippen LogP contribution in [0.5, 0.6) is 0 Å². The molecular weight excluding hydrogens is 267 g/mol. The highest BCUT2D eigenvalue weighted by Gasteiger charge is 2.38. The average Bonchev–Trinajstić information content (AvgIpc) is 2.38. The van der Waals surface area contributed by atoms with Crippen LogP contribution in [-0.2, 0) is 16.1 Å². The summed E-state index contributed by atoms with van der Waals surface area (Å²) in [5, 5.41) is 18.2. The summed E-state index contributed by atoms with van der Waals surface area (Å²) in [5.41, 5.74) is 0.642. The highest BCUT2D eigenvalue weighted by Crippen LogP contribution is 2.25. The van der Waals surface area contributed by atoms with Crippen molar-refractivity contribution >= 4 is 11.9 Å². The van der Waals surface area contributed by atoms with Crippen molar-refractivity contribution in [3.05, 3.63) is 29.8 Å². The molecule has 20 heavy (non-hydrogen) atoms. The van der Waals surface area contributed by atoms with Crippen LogP contribution < -0.4 is 0 Å². The molecule has 1 fully saturated rings. The number of piperidine rings is 1. The van der Waals surface area contributed by atoms with Gasteiger partial charge in [-0.25, -0.2) is 4.39 Å². The van der Waals surface area contributed by atoms with E-state index in [9.17, 15) is 14.0 Å². The van der Waals surface area contributed by atoms with E-state index in [2.05, 4.69) is 4.98 Å². The van der Waals surface area contributed by atoms with Crippen LogP contribution in [0.3, 0.4) is 0 Å². The maximum absolute atomic E-state index is 13.0. The molecule has 0 spiro atoms. The number of pyridine rings is 1. The second-order valence-electron chi connectivity index (χ2n) is 4.92. The number of likely N-dealkylation sites (tertiary alicyclic amines) is 1. The molecule has 0 aliphatic carbocycles. The van der Waals surface area contributed by atoms with E-state index in [1.807, 2.05) is 4.90 Å². The Hall–Kier alpha value is -2.02. The van der Waals surface area contributed by atoms with Crippen LogP contribution in [0.4, 0.5) is 4.39 Å². The summed E-state index contributed by atoms with van der Waals surface area (Å²) in [6.07, 6.45) is 2.89. The third-order valence-corrected chi connectivity index (χ3v) is 3.50. The standard InChI is InChI=1S/C13H15FN2O4/c14-9-3-8(4-15-5-9)6-16-2-1-10(12(17)18)11(7-16)13(19)20/h3-5,10-11H,1-2,6-7H2,(H,17,18)(H,19,20). The monoisotopic (exact) mass is 282 g/mol. The summed E-state index contributed by atoms with van der Waals surface area (Å²) in [4.78, 5) is 27.7. The van der Waals surface area contributed by atoms with E-state index in [4.69, 9.17) is 10.2 Å². The molecule has 0 radical (unpaired) electrons. The van der Waals surface area contributed by atoms with Gasteiger partial charge < -0.3 is 10.2 Å². The van der Waals surface area contributed by atoms with Crippen LogP contribution in [0.2, 0.25) is 0 Å². The molecule has 7 heteroatoms. The molecule has 2 rings (SSSR count). The third-order valence-electron chi connectivity index (χ3n) is 3.50. The van der Waals surface area contributed by atoms with E-state index in [-0.39, 0.29) is 13.0 Å². The maximum Gasteiger partial charge on any atom is 0.308 e. The van der Waals surface area contributed by atoms with Gasteiger partial charge in [0.25, 0.3) is 0 Å². The Morgan fingerprint density at radius 2 is 2.00 bits per heavy atom. The van der Waals surface area contributed by atoms with Crippen molar-refractivity contribution < 1.29 is 24.2 Å². The van der Waals surface area contributed by atoms with E-state index in [1.54, 1.807) is 0 Å². The molecule has 0 bridgehead atoms. The molecule has 2 heterocycles. The number of carbonyl (C=O) groups is 2. The van der Waals surface area contributed by atoms with Crippen LogP contribution in [0, 0.1) is 17.7 Å². The lowest BCUT2D eigenvalue weighted by molar-refractivity contribution is -0.157. The van der Waals surface area contributed by atoms with Gasteiger partial charge in [-0.05, 0) is 24.6 Å². The van der Waals surface area contributed by atoms with Gasteiger partial charge in [0.2, 0.25) is 0 Å². The van der Waals surface area contributed by atoms with Crippen molar-refractivity contribution in [2.45, 2.75) is 13.0 Å². The molecule has 2 unspecified atom stereocenters. The fourth-order valence-electron chi connectivity index (χ4n) is 2.51. The summed E-state index contributed by atoms with van der Waals surface area (Å²) < 4.78 is 13.0. The number of rotatable bonds is 4. The first-order valence-electron chi connectivity index (χ1n) is 6.24. The lowest BCUT2D eigenvalue weighted by Crippen LogP contribution is -2.46. The van der Waals surface area contributed by atoms with Crippen molar-refractivity contribution in [2.75, 3.05) is 13.1 Å². The molecule has 1 aromatic rings. The minimum atomic E-state index is -1.11. The number of carboxylic acid groups (broad SMARTS) is 2. The fraction of sp³-hybridized carbons (Fsp3) is 0.462. The number of nitrogens with zero attached hydrogens (tertiary/aromatic N) is 2. The fourth-order valence-corrected chi connectivity index (χ4v) is 2.51. The Morgan fingerprint density at radius 3 is 2.60 bits per heavy atom. The summed E-state index contributed by atoms with van der Waals surface area (Å²) in [6, 6.07) is 1.34. The molecule has 0 aromatic carbocycles. The molecule has 0 amide bonds. The van der Waals surface area contributed by atoms with Crippen LogP contribution in [0.15, 0.2) is 18.5 Å². The molecule has 2 N–H and O–H groups in total. The van der Waals surface area contributed by atoms with Crippen molar-refractivity contribution in [2.24, 2.45) is 11.8 Å². The Kier molecular flexibility index (Phi) is 4.29. The predicted molar refractivity (Wildman–Crippen MR) is 66.3 cm³/mol. The van der Waals surface area contributed by atoms with E-state index < -0.39 is 29.6 Å². The molecule has 0 saturated carbocycles. The van der Waals surface area contributed by atoms with Crippen LogP contribution in [0.1, 0.15) is 12.0 Å². The zero-order chi connectivity index (χ0) is 14.7. The van der Waals surface area contributed by atoms with E-state index in [1.165, 1.54) is 12.3 Å². The van der Waals surface area contributed by atoms with Crippen molar-refractivity contribution in [3.63, 3.8) is 0 Å². The van der Waals surface area contributed by atoms with Crippen LogP contribution >= 0.6 is 0 Å². The summed E-state index contributed by atoms with van der Waals surface area (Å²) >= 11 is 0. The normalized spacial score (nSPS) is 23.4. The zero-order valence-electron chi connectivity index (χ0n) is 10.7. The van der Waals surface area contributed by atoms with E-state index >= 15 is 0 Å². The molecule has 6 nitrogen and oxygen atoms in total. The Labute approximate surface area is 114 Å². The Balaban J connectivity index is 2.05. The van der Waals surface area contributed by atoms with Crippen molar-refractivity contribution in [1.29, 1.82) is 0 Å². The first kappa shape index (κ1) is 14.4. The smallest absolute Gasteiger partial charge is 0.308 e. The number of aromatic nitrogens is 1. The zero-order valence-corrected chi connectivity index (χ0v) is 10.7. The Morgan fingerprint density at radius 1 is 1.30 bits per heavy atom. The third kappa shape index (κ3) is 3.30. The van der Waals surface area contributed by atoms with Crippen molar-refractivity contribution in [1.82, 2.24) is 9.88 Å². The van der Waals surface area contributed by atoms with Crippen LogP contribution in [-0.4, -0.2) is 45.1 Å². The maximum atomic E-state index is 13.0. The number of hydrogen-bond acceptors (Lipinski definition) is 4. The van der Waals surface area contributed by atoms with Gasteiger partial charge in [0, 0.05) is 19.3 Å². The Bertz CT molecular complexity index is 523. The minimum absolute atomic E-state index is 0.142. The van der Waals surface area contributed by atoms with E-state index in [0.29, 0.717) is 18.7 Å². The van der Waals surface area contributed by atoms with Gasteiger partial charge in [-0.1, -0.05) is 0 Å². The molecular formula is C13H15FN2O4. The molecule has 108 valence electrons. The summed E-state index contributed by atoms with van der Waals surface area (Å²) in [6.45, 7) is 0.973. The van der Waals surface area contributed by atoms with Gasteiger partial charge in [0.05, 0.1) is 18.0 Å². The molecule has 1 aliphatic rings. The second-order valence-corrected chi connectivity index (χ2v) is 4.92. The number of carboxylic acids is 2. The number of halogens is 1. The average molecular weight is 282 g/mol. The minimum Gasteiger partial charge on any atom is -0.481 e. The second kappa shape index (κ2) is 5.96. The topological polar surface area (TPSA) is 90.7 Å². The molecule has 1 saturated heterocycles. The molecule has 1 aromatic heterocycles. The largest absolute Gasteiger partial charge is 0.481 e.